The van der Waals surface area contributed by atoms with Crippen molar-refractivity contribution >= 4 is 40.6 Å². The number of rotatable bonds is 8. The van der Waals surface area contributed by atoms with Crippen LogP contribution in [-0.4, -0.2) is 60.4 Å². The molecule has 0 aliphatic carbocycles. The van der Waals surface area contributed by atoms with Crippen molar-refractivity contribution < 1.29 is 13.9 Å². The lowest BCUT2D eigenvalue weighted by atomic mass is 9.96. The number of halogens is 3. The molecule has 0 spiro atoms. The Balaban J connectivity index is 1.33. The number of ether oxygens (including phenoxy) is 1. The number of carbonyl (C=O) groups excluding carboxylic acids is 1. The quantitative estimate of drug-likeness (QED) is 0.300. The number of likely N-dealkylation sites (tertiary alicyclic amines) is 1. The third-order valence-electron chi connectivity index (χ3n) is 7.61. The van der Waals surface area contributed by atoms with E-state index in [2.05, 4.69) is 21.3 Å². The number of benzene rings is 2. The monoisotopic (exact) mass is 597 g/mol. The van der Waals surface area contributed by atoms with E-state index < -0.39 is 6.17 Å². The highest BCUT2D eigenvalue weighted by atomic mass is 35.5. The van der Waals surface area contributed by atoms with E-state index in [1.54, 1.807) is 19.2 Å². The van der Waals surface area contributed by atoms with Gasteiger partial charge in [0, 0.05) is 48.7 Å². The largest absolute Gasteiger partial charge is 0.456 e. The normalized spacial score (nSPS) is 18.4. The van der Waals surface area contributed by atoms with Gasteiger partial charge in [0.05, 0.1) is 12.7 Å². The lowest BCUT2D eigenvalue weighted by Gasteiger charge is -2.32. The molecule has 41 heavy (non-hydrogen) atoms. The van der Waals surface area contributed by atoms with E-state index in [1.807, 2.05) is 41.3 Å². The topological polar surface area (TPSA) is 81.6 Å². The van der Waals surface area contributed by atoms with Crippen LogP contribution in [0.5, 0.6) is 11.5 Å². The van der Waals surface area contributed by atoms with Crippen molar-refractivity contribution in [2.45, 2.75) is 38.9 Å². The average molecular weight is 599 g/mol. The van der Waals surface area contributed by atoms with Gasteiger partial charge in [0.2, 0.25) is 5.91 Å². The van der Waals surface area contributed by atoms with Crippen LogP contribution in [0.1, 0.15) is 31.7 Å². The molecule has 2 saturated heterocycles. The van der Waals surface area contributed by atoms with Gasteiger partial charge in [0.25, 0.3) is 0 Å². The second-order valence-electron chi connectivity index (χ2n) is 10.8. The maximum absolute atomic E-state index is 14.0. The Bertz CT molecular complexity index is 1380. The molecule has 3 heterocycles. The smallest absolute Gasteiger partial charge is 0.216 e. The van der Waals surface area contributed by atoms with Gasteiger partial charge in [-0.15, -0.1) is 0 Å². The number of aromatic nitrogens is 1. The van der Waals surface area contributed by atoms with Crippen LogP contribution in [0.4, 0.5) is 10.2 Å². The number of piperidine rings is 2. The molecule has 1 aromatic heterocycles. The second kappa shape index (κ2) is 13.2. The van der Waals surface area contributed by atoms with Crippen molar-refractivity contribution in [3.8, 4) is 22.6 Å². The van der Waals surface area contributed by atoms with E-state index >= 15 is 0 Å². The molecule has 2 N–H and O–H groups in total. The minimum Gasteiger partial charge on any atom is -0.456 e. The lowest BCUT2D eigenvalue weighted by molar-refractivity contribution is -0.119. The van der Waals surface area contributed by atoms with E-state index in [0.717, 1.165) is 55.7 Å². The molecule has 0 radical (unpaired) electrons. The maximum Gasteiger partial charge on any atom is 0.216 e. The summed E-state index contributed by atoms with van der Waals surface area (Å²) in [5, 5.41) is 11.7. The summed E-state index contributed by atoms with van der Waals surface area (Å²) in [6, 6.07) is 15.3. The van der Waals surface area contributed by atoms with Crippen molar-refractivity contribution in [2.24, 2.45) is 5.92 Å². The van der Waals surface area contributed by atoms with Crippen LogP contribution in [-0.2, 0) is 11.3 Å². The first-order valence-corrected chi connectivity index (χ1v) is 14.6. The summed E-state index contributed by atoms with van der Waals surface area (Å²) in [4.78, 5) is 20.1. The van der Waals surface area contributed by atoms with Gasteiger partial charge >= 0.3 is 0 Å². The predicted molar refractivity (Wildman–Crippen MR) is 162 cm³/mol. The summed E-state index contributed by atoms with van der Waals surface area (Å²) in [7, 11) is 0. The average Bonchev–Trinajstić information content (AvgIpc) is 2.94. The Morgan fingerprint density at radius 2 is 1.78 bits per heavy atom. The molecule has 7 nitrogen and oxygen atoms in total. The molecule has 0 unspecified atom stereocenters. The molecule has 3 aromatic rings. The molecule has 5 rings (SSSR count). The lowest BCUT2D eigenvalue weighted by Crippen LogP contribution is -2.42. The molecule has 2 aromatic carbocycles. The molecule has 1 atom stereocenters. The van der Waals surface area contributed by atoms with Gasteiger partial charge in [-0.25, -0.2) is 9.37 Å². The Morgan fingerprint density at radius 3 is 2.44 bits per heavy atom. The van der Waals surface area contributed by atoms with Gasteiger partial charge < -0.3 is 20.4 Å². The molecule has 1 amide bonds. The number of carbonyl (C=O) groups is 1. The first kappa shape index (κ1) is 29.3. The summed E-state index contributed by atoms with van der Waals surface area (Å²) in [5.41, 5.74) is 3.08. The Kier molecular flexibility index (Phi) is 9.42. The third kappa shape index (κ3) is 7.97. The van der Waals surface area contributed by atoms with Gasteiger partial charge in [-0.2, -0.15) is 0 Å². The fourth-order valence-corrected chi connectivity index (χ4v) is 5.89. The standard InChI is InChI=1S/C31H34Cl2FN5O2/c1-20(40)36-16-21-4-7-38(8-5-21)18-22-10-23(24-12-25(32)15-26(33)13-24)14-28(11-22)41-27-2-3-31(37-17-27)39-9-6-30(35)29(34)19-39/h2-3,10-15,17,21,29,35H,4-9,16,18-19H2,1H3,(H,36,40)/t29-/m0/s1. The first-order valence-electron chi connectivity index (χ1n) is 13.9. The molecule has 0 bridgehead atoms. The zero-order valence-electron chi connectivity index (χ0n) is 23.0. The van der Waals surface area contributed by atoms with Crippen LogP contribution in [0.3, 0.4) is 0 Å². The van der Waals surface area contributed by atoms with E-state index in [-0.39, 0.29) is 18.2 Å². The first-order chi connectivity index (χ1) is 19.7. The zero-order valence-corrected chi connectivity index (χ0v) is 24.5. The van der Waals surface area contributed by atoms with Crippen molar-refractivity contribution in [3.63, 3.8) is 0 Å². The van der Waals surface area contributed by atoms with Crippen LogP contribution >= 0.6 is 23.2 Å². The van der Waals surface area contributed by atoms with Crippen molar-refractivity contribution in [3.05, 3.63) is 70.3 Å². The number of anilines is 1. The summed E-state index contributed by atoms with van der Waals surface area (Å²) in [6.45, 7) is 5.67. The summed E-state index contributed by atoms with van der Waals surface area (Å²) < 4.78 is 20.3. The van der Waals surface area contributed by atoms with Crippen LogP contribution < -0.4 is 15.0 Å². The highest BCUT2D eigenvalue weighted by Crippen LogP contribution is 2.33. The number of pyridine rings is 1. The van der Waals surface area contributed by atoms with Gasteiger partial charge in [0.1, 0.15) is 17.3 Å². The van der Waals surface area contributed by atoms with E-state index in [4.69, 9.17) is 33.3 Å². The van der Waals surface area contributed by atoms with Gasteiger partial charge in [0.15, 0.2) is 6.17 Å². The second-order valence-corrected chi connectivity index (χ2v) is 11.7. The molecule has 216 valence electrons. The third-order valence-corrected chi connectivity index (χ3v) is 8.04. The van der Waals surface area contributed by atoms with Crippen LogP contribution in [0.25, 0.3) is 11.1 Å². The fraction of sp³-hybridized carbons (Fsp3) is 0.387. The highest BCUT2D eigenvalue weighted by Gasteiger charge is 2.25. The number of nitrogens with one attached hydrogen (secondary N) is 2. The van der Waals surface area contributed by atoms with Gasteiger partial charge in [-0.1, -0.05) is 23.2 Å². The number of nitrogens with zero attached hydrogens (tertiary/aromatic N) is 3. The Labute approximate surface area is 250 Å². The van der Waals surface area contributed by atoms with Crippen molar-refractivity contribution in [1.82, 2.24) is 15.2 Å². The number of alkyl halides is 1. The minimum atomic E-state index is -1.26. The Hall–Kier alpha value is -3.20. The van der Waals surface area contributed by atoms with Crippen molar-refractivity contribution in [2.75, 3.05) is 37.6 Å². The number of amides is 1. The Morgan fingerprint density at radius 1 is 1.05 bits per heavy atom. The fourth-order valence-electron chi connectivity index (χ4n) is 5.36. The number of hydrogen-bond donors (Lipinski definition) is 2. The molecule has 10 heteroatoms. The van der Waals surface area contributed by atoms with Crippen LogP contribution in [0.2, 0.25) is 10.0 Å². The van der Waals surface area contributed by atoms with Crippen molar-refractivity contribution in [1.29, 1.82) is 5.41 Å². The molecular weight excluding hydrogens is 564 g/mol. The van der Waals surface area contributed by atoms with Gasteiger partial charge in [-0.05, 0) is 97.1 Å². The summed E-state index contributed by atoms with van der Waals surface area (Å²) in [5.74, 6) is 2.42. The molecule has 2 fully saturated rings. The van der Waals surface area contributed by atoms with Gasteiger partial charge in [-0.3, -0.25) is 9.69 Å². The SMILES string of the molecule is CC(=O)NCC1CCN(Cc2cc(Oc3ccc(N4CCC(=N)[C@@H](F)C4)nc3)cc(-c3cc(Cl)cc(Cl)c3)c2)CC1. The summed E-state index contributed by atoms with van der Waals surface area (Å²) >= 11 is 12.6. The molecule has 0 saturated carbocycles. The van der Waals surface area contributed by atoms with Crippen LogP contribution in [0, 0.1) is 11.3 Å². The van der Waals surface area contributed by atoms with E-state index in [1.165, 1.54) is 0 Å². The molecular formula is C31H34Cl2FN5O2. The van der Waals surface area contributed by atoms with E-state index in [9.17, 15) is 9.18 Å². The van der Waals surface area contributed by atoms with Crippen LogP contribution in [0.15, 0.2) is 54.7 Å². The molecule has 2 aliphatic heterocycles. The highest BCUT2D eigenvalue weighted by molar-refractivity contribution is 6.35. The zero-order chi connectivity index (χ0) is 28.9. The van der Waals surface area contributed by atoms with E-state index in [0.29, 0.717) is 46.2 Å². The minimum absolute atomic E-state index is 0.0176. The number of hydrogen-bond acceptors (Lipinski definition) is 6. The predicted octanol–water partition coefficient (Wildman–Crippen LogP) is 6.76. The molecule has 2 aliphatic rings. The summed E-state index contributed by atoms with van der Waals surface area (Å²) in [6.07, 6.45) is 2.85. The maximum atomic E-state index is 14.0.